The highest BCUT2D eigenvalue weighted by Crippen LogP contribution is 2.33. The van der Waals surface area contributed by atoms with Crippen molar-refractivity contribution in [2.24, 2.45) is 0 Å². The molecule has 7 nitrogen and oxygen atoms in total. The van der Waals surface area contributed by atoms with Crippen LogP contribution in [0.3, 0.4) is 0 Å². The first-order chi connectivity index (χ1) is 15.6. The fraction of sp³-hybridized carbons (Fsp3) is 0.154. The van der Waals surface area contributed by atoms with Crippen LogP contribution in [0, 0.1) is 10.1 Å². The first kappa shape index (κ1) is 22.0. The number of fused-ring (bicyclic) bond motifs is 1. The van der Waals surface area contributed by atoms with E-state index in [1.54, 1.807) is 24.3 Å². The Bertz CT molecular complexity index is 1410. The number of ether oxygens (including phenoxy) is 1. The number of hydrogen-bond acceptors (Lipinski definition) is 6. The number of nitro benzene ring substituents is 1. The summed E-state index contributed by atoms with van der Waals surface area (Å²) < 4.78 is 11.5. The Balaban J connectivity index is 1.81. The average Bonchev–Trinajstić information content (AvgIpc) is 2.80. The van der Waals surface area contributed by atoms with Crippen molar-refractivity contribution >= 4 is 22.6 Å². The van der Waals surface area contributed by atoms with E-state index in [1.807, 2.05) is 24.3 Å². The molecule has 0 aliphatic heterocycles. The van der Waals surface area contributed by atoms with Crippen molar-refractivity contribution in [3.8, 4) is 17.1 Å². The lowest BCUT2D eigenvalue weighted by Crippen LogP contribution is -2.16. The van der Waals surface area contributed by atoms with E-state index in [0.29, 0.717) is 11.1 Å². The molecule has 0 aliphatic carbocycles. The number of carbonyl (C=O) groups excluding carboxylic acids is 1. The van der Waals surface area contributed by atoms with Gasteiger partial charge in [0.25, 0.3) is 5.69 Å². The van der Waals surface area contributed by atoms with Crippen LogP contribution in [-0.4, -0.2) is 10.9 Å². The second-order valence-electron chi connectivity index (χ2n) is 8.61. The zero-order valence-electron chi connectivity index (χ0n) is 18.3. The van der Waals surface area contributed by atoms with E-state index < -0.39 is 16.3 Å². The Hall–Kier alpha value is -4.26. The predicted molar refractivity (Wildman–Crippen MR) is 125 cm³/mol. The van der Waals surface area contributed by atoms with Crippen LogP contribution in [0.1, 0.15) is 36.7 Å². The number of nitro groups is 1. The lowest BCUT2D eigenvalue weighted by atomic mass is 9.86. The lowest BCUT2D eigenvalue weighted by Gasteiger charge is -2.19. The number of nitrogens with zero attached hydrogens (tertiary/aromatic N) is 1. The van der Waals surface area contributed by atoms with E-state index in [0.717, 1.165) is 5.56 Å². The Morgan fingerprint density at radius 1 is 0.939 bits per heavy atom. The number of carbonyl (C=O) groups is 1. The molecule has 166 valence electrons. The van der Waals surface area contributed by atoms with Gasteiger partial charge in [0.05, 0.1) is 15.9 Å². The minimum Gasteiger partial charge on any atom is -0.452 e. The topological polar surface area (TPSA) is 99.7 Å². The fourth-order valence-electron chi connectivity index (χ4n) is 3.40. The standard InChI is InChI=1S/C26H21NO6/c1-26(2,3)18-12-8-16(9-13-18)23-24(22(28)20-6-4-5-7-21(20)32-23)33-25(29)17-10-14-19(15-11-17)27(30)31/h4-15H,1-3H3. The number of rotatable bonds is 4. The molecule has 1 aromatic heterocycles. The predicted octanol–water partition coefficient (Wildman–Crippen LogP) is 5.88. The minimum atomic E-state index is -0.819. The molecular formula is C26H21NO6. The van der Waals surface area contributed by atoms with Gasteiger partial charge in [-0.25, -0.2) is 4.79 Å². The summed E-state index contributed by atoms with van der Waals surface area (Å²) in [7, 11) is 0. The maximum Gasteiger partial charge on any atom is 0.343 e. The van der Waals surface area contributed by atoms with Gasteiger partial charge < -0.3 is 9.15 Å². The smallest absolute Gasteiger partial charge is 0.343 e. The Morgan fingerprint density at radius 2 is 1.58 bits per heavy atom. The Morgan fingerprint density at radius 3 is 2.18 bits per heavy atom. The number of esters is 1. The van der Waals surface area contributed by atoms with Gasteiger partial charge in [-0.1, -0.05) is 57.2 Å². The molecule has 33 heavy (non-hydrogen) atoms. The van der Waals surface area contributed by atoms with Crippen molar-refractivity contribution in [3.63, 3.8) is 0 Å². The van der Waals surface area contributed by atoms with Crippen LogP contribution in [0.5, 0.6) is 5.75 Å². The molecule has 0 radical (unpaired) electrons. The van der Waals surface area contributed by atoms with Crippen molar-refractivity contribution in [1.29, 1.82) is 0 Å². The molecule has 0 spiro atoms. The number of para-hydroxylation sites is 1. The molecule has 0 N–H and O–H groups in total. The van der Waals surface area contributed by atoms with Gasteiger partial charge >= 0.3 is 5.97 Å². The Kier molecular flexibility index (Phi) is 5.55. The third kappa shape index (κ3) is 4.39. The highest BCUT2D eigenvalue weighted by molar-refractivity contribution is 5.93. The van der Waals surface area contributed by atoms with E-state index in [-0.39, 0.29) is 33.6 Å². The van der Waals surface area contributed by atoms with Gasteiger partial charge in [0.1, 0.15) is 5.58 Å². The minimum absolute atomic E-state index is 0.0615. The molecule has 7 heteroatoms. The summed E-state index contributed by atoms with van der Waals surface area (Å²) in [4.78, 5) is 36.3. The van der Waals surface area contributed by atoms with Crippen LogP contribution in [-0.2, 0) is 5.41 Å². The second-order valence-corrected chi connectivity index (χ2v) is 8.61. The van der Waals surface area contributed by atoms with Gasteiger partial charge in [-0.15, -0.1) is 0 Å². The van der Waals surface area contributed by atoms with Crippen LogP contribution < -0.4 is 10.2 Å². The first-order valence-corrected chi connectivity index (χ1v) is 10.3. The molecule has 0 saturated carbocycles. The summed E-state index contributed by atoms with van der Waals surface area (Å²) in [5.74, 6) is -0.921. The van der Waals surface area contributed by atoms with Crippen molar-refractivity contribution in [3.05, 3.63) is 104 Å². The normalized spacial score (nSPS) is 11.4. The molecule has 0 aliphatic rings. The summed E-state index contributed by atoms with van der Waals surface area (Å²) in [5.41, 5.74) is 1.41. The molecular weight excluding hydrogens is 422 g/mol. The van der Waals surface area contributed by atoms with E-state index in [9.17, 15) is 19.7 Å². The highest BCUT2D eigenvalue weighted by atomic mass is 16.6. The fourth-order valence-corrected chi connectivity index (χ4v) is 3.40. The molecule has 0 fully saturated rings. The summed E-state index contributed by atoms with van der Waals surface area (Å²) in [6, 6.07) is 19.2. The summed E-state index contributed by atoms with van der Waals surface area (Å²) in [5, 5.41) is 11.1. The van der Waals surface area contributed by atoms with E-state index in [2.05, 4.69) is 20.8 Å². The monoisotopic (exact) mass is 443 g/mol. The van der Waals surface area contributed by atoms with Gasteiger partial charge in [-0.3, -0.25) is 14.9 Å². The molecule has 4 rings (SSSR count). The SMILES string of the molecule is CC(C)(C)c1ccc(-c2oc3ccccc3c(=O)c2OC(=O)c2ccc([N+](=O)[O-])cc2)cc1. The van der Waals surface area contributed by atoms with Gasteiger partial charge in [-0.2, -0.15) is 0 Å². The van der Waals surface area contributed by atoms with Crippen molar-refractivity contribution in [2.45, 2.75) is 26.2 Å². The zero-order valence-corrected chi connectivity index (χ0v) is 18.3. The molecule has 0 amide bonds. The highest BCUT2D eigenvalue weighted by Gasteiger charge is 2.22. The van der Waals surface area contributed by atoms with Gasteiger partial charge in [0.15, 0.2) is 5.76 Å². The second kappa shape index (κ2) is 8.35. The molecule has 0 saturated heterocycles. The van der Waals surface area contributed by atoms with Gasteiger partial charge in [0, 0.05) is 17.7 Å². The van der Waals surface area contributed by atoms with Crippen LogP contribution in [0.4, 0.5) is 5.69 Å². The number of hydrogen-bond donors (Lipinski definition) is 0. The number of non-ortho nitro benzene ring substituents is 1. The summed E-state index contributed by atoms with van der Waals surface area (Å²) in [6.07, 6.45) is 0. The van der Waals surface area contributed by atoms with E-state index in [1.165, 1.54) is 24.3 Å². The molecule has 3 aromatic carbocycles. The third-order valence-corrected chi connectivity index (χ3v) is 5.28. The summed E-state index contributed by atoms with van der Waals surface area (Å²) >= 11 is 0. The largest absolute Gasteiger partial charge is 0.452 e. The Labute approximate surface area is 189 Å². The molecule has 0 bridgehead atoms. The van der Waals surface area contributed by atoms with Crippen LogP contribution in [0.2, 0.25) is 0 Å². The van der Waals surface area contributed by atoms with Gasteiger partial charge in [-0.05, 0) is 35.2 Å². The van der Waals surface area contributed by atoms with Crippen molar-refractivity contribution < 1.29 is 18.9 Å². The first-order valence-electron chi connectivity index (χ1n) is 10.3. The maximum atomic E-state index is 13.2. The van der Waals surface area contributed by atoms with E-state index in [4.69, 9.17) is 9.15 Å². The summed E-state index contributed by atoms with van der Waals surface area (Å²) in [6.45, 7) is 6.28. The van der Waals surface area contributed by atoms with Crippen molar-refractivity contribution in [2.75, 3.05) is 0 Å². The van der Waals surface area contributed by atoms with Crippen LogP contribution >= 0.6 is 0 Å². The molecule has 4 aromatic rings. The maximum absolute atomic E-state index is 13.2. The van der Waals surface area contributed by atoms with Gasteiger partial charge in [0.2, 0.25) is 11.2 Å². The third-order valence-electron chi connectivity index (χ3n) is 5.28. The molecule has 1 heterocycles. The average molecular weight is 443 g/mol. The van der Waals surface area contributed by atoms with E-state index >= 15 is 0 Å². The molecule has 0 unspecified atom stereocenters. The molecule has 0 atom stereocenters. The van der Waals surface area contributed by atoms with Crippen LogP contribution in [0.25, 0.3) is 22.3 Å². The lowest BCUT2D eigenvalue weighted by molar-refractivity contribution is -0.384. The van der Waals surface area contributed by atoms with Crippen LogP contribution in [0.15, 0.2) is 82.0 Å². The number of benzene rings is 3. The quantitative estimate of drug-likeness (QED) is 0.222. The zero-order chi connectivity index (χ0) is 23.8. The van der Waals surface area contributed by atoms with Crippen molar-refractivity contribution in [1.82, 2.24) is 0 Å².